The van der Waals surface area contributed by atoms with E-state index >= 15 is 0 Å². The average molecular weight is 500 g/mol. The molecule has 1 saturated heterocycles. The third-order valence-corrected chi connectivity index (χ3v) is 5.29. The van der Waals surface area contributed by atoms with Crippen LogP contribution < -0.4 is 14.8 Å². The number of imide groups is 1. The fourth-order valence-corrected chi connectivity index (χ4v) is 3.69. The molecule has 1 aliphatic heterocycles. The Hall–Kier alpha value is -2.22. The Morgan fingerprint density at radius 1 is 1.17 bits per heavy atom. The molecule has 0 unspecified atom stereocenters. The van der Waals surface area contributed by atoms with Crippen LogP contribution in [-0.2, 0) is 11.4 Å². The summed E-state index contributed by atoms with van der Waals surface area (Å²) in [5.41, 5.74) is 1.63. The van der Waals surface area contributed by atoms with E-state index in [1.54, 1.807) is 36.4 Å². The van der Waals surface area contributed by atoms with Gasteiger partial charge in [0.25, 0.3) is 5.91 Å². The fourth-order valence-electron chi connectivity index (χ4n) is 2.65. The number of hydrogen-bond acceptors (Lipinski definition) is 4. The highest BCUT2D eigenvalue weighted by Gasteiger charge is 2.30. The Morgan fingerprint density at radius 2 is 1.93 bits per heavy atom. The molecule has 0 bridgehead atoms. The van der Waals surface area contributed by atoms with Gasteiger partial charge in [-0.2, -0.15) is 0 Å². The van der Waals surface area contributed by atoms with Crippen molar-refractivity contribution in [3.8, 4) is 11.5 Å². The van der Waals surface area contributed by atoms with E-state index in [1.165, 1.54) is 7.05 Å². The molecule has 0 radical (unpaired) electrons. The van der Waals surface area contributed by atoms with Crippen LogP contribution in [0.5, 0.6) is 11.5 Å². The summed E-state index contributed by atoms with van der Waals surface area (Å²) in [5.74, 6) is 0.588. The summed E-state index contributed by atoms with van der Waals surface area (Å²) in [7, 11) is 1.42. The van der Waals surface area contributed by atoms with Gasteiger partial charge in [-0.15, -0.1) is 0 Å². The first-order valence-corrected chi connectivity index (χ1v) is 10.2. The van der Waals surface area contributed by atoms with Gasteiger partial charge in [0, 0.05) is 22.7 Å². The SMILES string of the molecule is CCOc1cc(/C=C2/NC(=O)N(C)C2=O)cc(Br)c1OCc1ccc(Cl)cc1Cl. The van der Waals surface area contributed by atoms with E-state index in [0.717, 1.165) is 10.5 Å². The van der Waals surface area contributed by atoms with Crippen molar-refractivity contribution in [2.45, 2.75) is 13.5 Å². The zero-order valence-corrected chi connectivity index (χ0v) is 18.7. The summed E-state index contributed by atoms with van der Waals surface area (Å²) in [4.78, 5) is 24.7. The number of urea groups is 1. The van der Waals surface area contributed by atoms with E-state index in [4.69, 9.17) is 32.7 Å². The van der Waals surface area contributed by atoms with Gasteiger partial charge in [-0.05, 0) is 58.8 Å². The Balaban J connectivity index is 1.88. The van der Waals surface area contributed by atoms with Crippen LogP contribution in [0.25, 0.3) is 6.08 Å². The quantitative estimate of drug-likeness (QED) is 0.435. The van der Waals surface area contributed by atoms with Gasteiger partial charge < -0.3 is 14.8 Å². The number of amides is 3. The Bertz CT molecular complexity index is 1010. The van der Waals surface area contributed by atoms with Crippen molar-refractivity contribution in [1.82, 2.24) is 10.2 Å². The first kappa shape index (κ1) is 21.5. The van der Waals surface area contributed by atoms with Crippen molar-refractivity contribution in [2.75, 3.05) is 13.7 Å². The third kappa shape index (κ3) is 4.86. The fraction of sp³-hybridized carbons (Fsp3) is 0.200. The zero-order chi connectivity index (χ0) is 21.1. The molecular weight excluding hydrogens is 483 g/mol. The summed E-state index contributed by atoms with van der Waals surface area (Å²) in [5, 5.41) is 3.59. The zero-order valence-electron chi connectivity index (χ0n) is 15.6. The van der Waals surface area contributed by atoms with Gasteiger partial charge in [-0.25, -0.2) is 4.79 Å². The molecule has 2 aromatic rings. The molecule has 6 nitrogen and oxygen atoms in total. The molecule has 152 valence electrons. The maximum Gasteiger partial charge on any atom is 0.328 e. The molecule has 2 aromatic carbocycles. The Labute approximate surface area is 186 Å². The van der Waals surface area contributed by atoms with Crippen LogP contribution >= 0.6 is 39.1 Å². The van der Waals surface area contributed by atoms with E-state index in [2.05, 4.69) is 21.2 Å². The first-order valence-electron chi connectivity index (χ1n) is 8.64. The normalized spacial score (nSPS) is 15.1. The first-order chi connectivity index (χ1) is 13.8. The van der Waals surface area contributed by atoms with Gasteiger partial charge in [-0.1, -0.05) is 29.3 Å². The van der Waals surface area contributed by atoms with E-state index in [1.807, 2.05) is 6.92 Å². The van der Waals surface area contributed by atoms with Crippen LogP contribution in [0, 0.1) is 0 Å². The van der Waals surface area contributed by atoms with E-state index < -0.39 is 11.9 Å². The molecule has 1 aliphatic rings. The second kappa shape index (κ2) is 9.07. The number of nitrogens with zero attached hydrogens (tertiary/aromatic N) is 1. The van der Waals surface area contributed by atoms with Crippen molar-refractivity contribution in [3.63, 3.8) is 0 Å². The number of rotatable bonds is 6. The van der Waals surface area contributed by atoms with Gasteiger partial charge in [0.1, 0.15) is 12.3 Å². The molecule has 1 fully saturated rings. The minimum atomic E-state index is -0.467. The van der Waals surface area contributed by atoms with Crippen LogP contribution in [0.1, 0.15) is 18.1 Å². The Kier molecular flexibility index (Phi) is 6.72. The number of likely N-dealkylation sites (N-methyl/N-ethyl adjacent to an activating group) is 1. The molecule has 29 heavy (non-hydrogen) atoms. The lowest BCUT2D eigenvalue weighted by Gasteiger charge is -2.15. The number of benzene rings is 2. The second-order valence-corrected chi connectivity index (χ2v) is 7.84. The summed E-state index contributed by atoms with van der Waals surface area (Å²) in [6.07, 6.45) is 1.58. The van der Waals surface area contributed by atoms with Crippen molar-refractivity contribution in [3.05, 3.63) is 61.7 Å². The second-order valence-electron chi connectivity index (χ2n) is 6.14. The van der Waals surface area contributed by atoms with Gasteiger partial charge in [0.2, 0.25) is 0 Å². The lowest BCUT2D eigenvalue weighted by molar-refractivity contribution is -0.121. The maximum absolute atomic E-state index is 12.1. The predicted molar refractivity (Wildman–Crippen MR) is 115 cm³/mol. The van der Waals surface area contributed by atoms with Gasteiger partial charge in [-0.3, -0.25) is 9.69 Å². The summed E-state index contributed by atoms with van der Waals surface area (Å²) in [6.45, 7) is 2.49. The highest BCUT2D eigenvalue weighted by Crippen LogP contribution is 2.38. The van der Waals surface area contributed by atoms with E-state index in [0.29, 0.717) is 38.2 Å². The molecule has 0 aliphatic carbocycles. The third-order valence-electron chi connectivity index (χ3n) is 4.11. The van der Waals surface area contributed by atoms with Crippen molar-refractivity contribution in [1.29, 1.82) is 0 Å². The number of carbonyl (C=O) groups is 2. The van der Waals surface area contributed by atoms with Crippen molar-refractivity contribution in [2.24, 2.45) is 0 Å². The van der Waals surface area contributed by atoms with Crippen LogP contribution in [-0.4, -0.2) is 30.5 Å². The van der Waals surface area contributed by atoms with Crippen LogP contribution in [0.2, 0.25) is 10.0 Å². The lowest BCUT2D eigenvalue weighted by atomic mass is 10.1. The number of carbonyl (C=O) groups excluding carboxylic acids is 2. The minimum Gasteiger partial charge on any atom is -0.490 e. The molecule has 0 saturated carbocycles. The molecule has 3 rings (SSSR count). The number of ether oxygens (including phenoxy) is 2. The molecule has 0 aromatic heterocycles. The van der Waals surface area contributed by atoms with Crippen LogP contribution in [0.4, 0.5) is 4.79 Å². The van der Waals surface area contributed by atoms with Gasteiger partial charge in [0.05, 0.1) is 11.1 Å². The molecule has 0 atom stereocenters. The number of halogens is 3. The topological polar surface area (TPSA) is 67.9 Å². The summed E-state index contributed by atoms with van der Waals surface area (Å²) in [6, 6.07) is 8.22. The smallest absolute Gasteiger partial charge is 0.328 e. The van der Waals surface area contributed by atoms with Gasteiger partial charge >= 0.3 is 6.03 Å². The largest absolute Gasteiger partial charge is 0.490 e. The number of nitrogens with one attached hydrogen (secondary N) is 1. The summed E-state index contributed by atoms with van der Waals surface area (Å²) < 4.78 is 12.3. The van der Waals surface area contributed by atoms with E-state index in [9.17, 15) is 9.59 Å². The Morgan fingerprint density at radius 3 is 2.55 bits per heavy atom. The molecule has 9 heteroatoms. The van der Waals surface area contributed by atoms with Crippen molar-refractivity contribution >= 4 is 57.1 Å². The molecule has 1 N–H and O–H groups in total. The molecular formula is C20H17BrCl2N2O4. The maximum atomic E-state index is 12.1. The monoisotopic (exact) mass is 498 g/mol. The standard InChI is InChI=1S/C20H17BrCl2N2O4/c1-3-28-17-8-11(7-16-19(26)25(2)20(27)24-16)6-14(21)18(17)29-10-12-4-5-13(22)9-15(12)23/h4-9H,3,10H2,1-2H3,(H,24,27)/b16-7+. The average Bonchev–Trinajstić information content (AvgIpc) is 2.89. The summed E-state index contributed by atoms with van der Waals surface area (Å²) >= 11 is 15.6. The molecule has 3 amide bonds. The van der Waals surface area contributed by atoms with Crippen molar-refractivity contribution < 1.29 is 19.1 Å². The number of hydrogen-bond donors (Lipinski definition) is 1. The minimum absolute atomic E-state index is 0.188. The highest BCUT2D eigenvalue weighted by molar-refractivity contribution is 9.10. The predicted octanol–water partition coefficient (Wildman–Crippen LogP) is 5.26. The van der Waals surface area contributed by atoms with E-state index in [-0.39, 0.29) is 12.3 Å². The van der Waals surface area contributed by atoms with Gasteiger partial charge in [0.15, 0.2) is 11.5 Å². The molecule has 1 heterocycles. The van der Waals surface area contributed by atoms with Crippen LogP contribution in [0.3, 0.4) is 0 Å². The highest BCUT2D eigenvalue weighted by atomic mass is 79.9. The van der Waals surface area contributed by atoms with Crippen LogP contribution in [0.15, 0.2) is 40.5 Å². The molecule has 0 spiro atoms. The lowest BCUT2D eigenvalue weighted by Crippen LogP contribution is -2.25.